The van der Waals surface area contributed by atoms with Crippen molar-refractivity contribution in [1.29, 1.82) is 0 Å². The summed E-state index contributed by atoms with van der Waals surface area (Å²) in [6.07, 6.45) is 2.65. The molecule has 0 spiro atoms. The molecule has 0 bridgehead atoms. The summed E-state index contributed by atoms with van der Waals surface area (Å²) in [5.74, 6) is -0.582. The third-order valence-corrected chi connectivity index (χ3v) is 5.66. The van der Waals surface area contributed by atoms with Crippen LogP contribution in [0.15, 0.2) is 65.4 Å². The van der Waals surface area contributed by atoms with Gasteiger partial charge in [-0.2, -0.15) is 11.3 Å². The smallest absolute Gasteiger partial charge is 0.306 e. The number of benzene rings is 2. The summed E-state index contributed by atoms with van der Waals surface area (Å²) >= 11 is 1.60. The van der Waals surface area contributed by atoms with Crippen molar-refractivity contribution in [1.82, 2.24) is 0 Å². The van der Waals surface area contributed by atoms with Gasteiger partial charge in [-0.15, -0.1) is 0 Å². The van der Waals surface area contributed by atoms with E-state index in [9.17, 15) is 9.59 Å². The number of carbonyl (C=O) groups is 2. The molecule has 0 fully saturated rings. The predicted molar refractivity (Wildman–Crippen MR) is 111 cm³/mol. The maximum atomic E-state index is 13.1. The summed E-state index contributed by atoms with van der Waals surface area (Å²) in [6.45, 7) is -0.259. The van der Waals surface area contributed by atoms with Crippen molar-refractivity contribution in [3.8, 4) is 0 Å². The van der Waals surface area contributed by atoms with E-state index < -0.39 is 0 Å². The molecule has 4 rings (SSSR count). The van der Waals surface area contributed by atoms with E-state index in [2.05, 4.69) is 0 Å². The number of thiophene rings is 1. The number of carbonyl (C=O) groups excluding carboxylic acids is 2. The van der Waals surface area contributed by atoms with Crippen LogP contribution in [0.25, 0.3) is 0 Å². The Balaban J connectivity index is 1.49. The zero-order valence-electron chi connectivity index (χ0n) is 15.5. The average Bonchev–Trinajstić information content (AvgIpc) is 3.18. The minimum atomic E-state index is -0.351. The third-order valence-electron chi connectivity index (χ3n) is 4.93. The number of ether oxygens (including phenoxy) is 1. The highest BCUT2D eigenvalue weighted by molar-refractivity contribution is 7.07. The lowest BCUT2D eigenvalue weighted by molar-refractivity contribution is -0.147. The van der Waals surface area contributed by atoms with Crippen LogP contribution in [0.5, 0.6) is 0 Å². The molecular weight excluding hydrogens is 370 g/mol. The topological polar surface area (TPSA) is 46.6 Å². The molecule has 3 aromatic rings. The molecule has 0 aliphatic carbocycles. The molecular formula is C23H21NO3S. The second kappa shape index (κ2) is 8.40. The Kier molecular flexibility index (Phi) is 5.53. The molecule has 0 saturated heterocycles. The number of hydrogen-bond donors (Lipinski definition) is 0. The molecule has 142 valence electrons. The van der Waals surface area contributed by atoms with Crippen LogP contribution in [0.4, 0.5) is 11.4 Å². The number of rotatable bonds is 5. The molecule has 0 radical (unpaired) electrons. The highest BCUT2D eigenvalue weighted by Crippen LogP contribution is 2.35. The average molecular weight is 391 g/mol. The Hall–Kier alpha value is -2.92. The van der Waals surface area contributed by atoms with Crippen LogP contribution >= 0.6 is 11.3 Å². The number of nitrogens with zero attached hydrogens (tertiary/aromatic N) is 1. The highest BCUT2D eigenvalue weighted by atomic mass is 32.1. The Bertz CT molecular complexity index is 934. The maximum absolute atomic E-state index is 13.1. The lowest BCUT2D eigenvalue weighted by Gasteiger charge is -2.24. The van der Waals surface area contributed by atoms with Gasteiger partial charge < -0.3 is 4.74 Å². The molecule has 0 N–H and O–H groups in total. The van der Waals surface area contributed by atoms with Crippen molar-refractivity contribution < 1.29 is 14.3 Å². The number of amides is 1. The van der Waals surface area contributed by atoms with Crippen LogP contribution in [0.1, 0.15) is 23.1 Å². The first kappa shape index (κ1) is 18.4. The van der Waals surface area contributed by atoms with Gasteiger partial charge in [0.25, 0.3) is 5.91 Å². The molecule has 2 heterocycles. The SMILES string of the molecule is O=C(CCc1ccsc1)OCC(=O)N1c2ccccc2CCc2ccccc21. The summed E-state index contributed by atoms with van der Waals surface area (Å²) in [5.41, 5.74) is 5.09. The van der Waals surface area contributed by atoms with E-state index in [1.165, 1.54) is 0 Å². The van der Waals surface area contributed by atoms with Gasteiger partial charge in [-0.25, -0.2) is 0 Å². The lowest BCUT2D eigenvalue weighted by atomic mass is 10.0. The molecule has 0 atom stereocenters. The fraction of sp³-hybridized carbons (Fsp3) is 0.217. The van der Waals surface area contributed by atoms with E-state index in [4.69, 9.17) is 4.74 Å². The summed E-state index contributed by atoms with van der Waals surface area (Å²) in [7, 11) is 0. The Morgan fingerprint density at radius 1 is 0.929 bits per heavy atom. The maximum Gasteiger partial charge on any atom is 0.306 e. The quantitative estimate of drug-likeness (QED) is 0.593. The van der Waals surface area contributed by atoms with Crippen LogP contribution < -0.4 is 4.90 Å². The first-order valence-corrected chi connectivity index (χ1v) is 10.3. The Morgan fingerprint density at radius 2 is 1.57 bits per heavy atom. The van der Waals surface area contributed by atoms with E-state index in [-0.39, 0.29) is 24.9 Å². The molecule has 4 nitrogen and oxygen atoms in total. The minimum absolute atomic E-state index is 0.231. The van der Waals surface area contributed by atoms with Crippen molar-refractivity contribution in [2.75, 3.05) is 11.5 Å². The molecule has 1 amide bonds. The van der Waals surface area contributed by atoms with Gasteiger partial charge in [-0.3, -0.25) is 14.5 Å². The van der Waals surface area contributed by atoms with Crippen LogP contribution in [0.2, 0.25) is 0 Å². The fourth-order valence-corrected chi connectivity index (χ4v) is 4.21. The van der Waals surface area contributed by atoms with Gasteiger partial charge in [0.2, 0.25) is 0 Å². The van der Waals surface area contributed by atoms with Gasteiger partial charge in [-0.1, -0.05) is 36.4 Å². The number of hydrogen-bond acceptors (Lipinski definition) is 4. The van der Waals surface area contributed by atoms with Crippen LogP contribution in [-0.2, 0) is 33.6 Å². The summed E-state index contributed by atoms with van der Waals surface area (Å²) in [4.78, 5) is 26.9. The standard InChI is InChI=1S/C23H21NO3S/c25-22(15-27-23(26)12-9-17-13-14-28-16-17)24-20-7-3-1-5-18(20)10-11-19-6-2-4-8-21(19)24/h1-8,13-14,16H,9-12,15H2. The fourth-order valence-electron chi connectivity index (χ4n) is 3.51. The van der Waals surface area contributed by atoms with Gasteiger partial charge in [0.05, 0.1) is 11.4 Å². The first-order valence-electron chi connectivity index (χ1n) is 9.38. The predicted octanol–water partition coefficient (Wildman–Crippen LogP) is 4.69. The van der Waals surface area contributed by atoms with Crippen molar-refractivity contribution in [3.63, 3.8) is 0 Å². The summed E-state index contributed by atoms with van der Waals surface area (Å²) < 4.78 is 5.30. The molecule has 0 unspecified atom stereocenters. The lowest BCUT2D eigenvalue weighted by Crippen LogP contribution is -2.31. The molecule has 0 saturated carbocycles. The number of fused-ring (bicyclic) bond motifs is 2. The summed E-state index contributed by atoms with van der Waals surface area (Å²) in [6, 6.07) is 17.8. The van der Waals surface area contributed by atoms with E-state index in [0.29, 0.717) is 6.42 Å². The third kappa shape index (κ3) is 3.99. The number of para-hydroxylation sites is 2. The van der Waals surface area contributed by atoms with Gasteiger partial charge in [0.1, 0.15) is 0 Å². The van der Waals surface area contributed by atoms with E-state index in [0.717, 1.165) is 40.9 Å². The van der Waals surface area contributed by atoms with Crippen molar-refractivity contribution >= 4 is 34.6 Å². The first-order chi connectivity index (χ1) is 13.7. The molecule has 2 aromatic carbocycles. The minimum Gasteiger partial charge on any atom is -0.456 e. The van der Waals surface area contributed by atoms with Gasteiger partial charge >= 0.3 is 5.97 Å². The van der Waals surface area contributed by atoms with Gasteiger partial charge in [-0.05, 0) is 64.9 Å². The van der Waals surface area contributed by atoms with E-state index in [1.807, 2.05) is 65.4 Å². The molecule has 1 aliphatic heterocycles. The number of aryl methyl sites for hydroxylation is 3. The zero-order chi connectivity index (χ0) is 19.3. The number of anilines is 2. The highest BCUT2D eigenvalue weighted by Gasteiger charge is 2.26. The second-order valence-corrected chi connectivity index (χ2v) is 7.56. The van der Waals surface area contributed by atoms with Crippen LogP contribution in [0.3, 0.4) is 0 Å². The van der Waals surface area contributed by atoms with E-state index >= 15 is 0 Å². The Morgan fingerprint density at radius 3 is 2.18 bits per heavy atom. The molecule has 28 heavy (non-hydrogen) atoms. The second-order valence-electron chi connectivity index (χ2n) is 6.78. The van der Waals surface area contributed by atoms with E-state index in [1.54, 1.807) is 16.2 Å². The molecule has 5 heteroatoms. The van der Waals surface area contributed by atoms with Crippen LogP contribution in [-0.4, -0.2) is 18.5 Å². The largest absolute Gasteiger partial charge is 0.456 e. The van der Waals surface area contributed by atoms with Crippen molar-refractivity contribution in [2.24, 2.45) is 0 Å². The van der Waals surface area contributed by atoms with Gasteiger partial charge in [0.15, 0.2) is 6.61 Å². The van der Waals surface area contributed by atoms with Crippen molar-refractivity contribution in [2.45, 2.75) is 25.7 Å². The van der Waals surface area contributed by atoms with Crippen molar-refractivity contribution in [3.05, 3.63) is 82.0 Å². The van der Waals surface area contributed by atoms with Gasteiger partial charge in [0, 0.05) is 6.42 Å². The molecule has 1 aromatic heterocycles. The molecule has 1 aliphatic rings. The summed E-state index contributed by atoms with van der Waals surface area (Å²) in [5, 5.41) is 4.00. The normalized spacial score (nSPS) is 12.6. The number of esters is 1. The zero-order valence-corrected chi connectivity index (χ0v) is 16.3. The monoisotopic (exact) mass is 391 g/mol. The Labute approximate surface area is 168 Å². The van der Waals surface area contributed by atoms with Crippen LogP contribution in [0, 0.1) is 0 Å².